The molecule has 0 fully saturated rings. The maximum absolute atomic E-state index is 13.9. The number of pyridine rings is 1. The molecule has 11 nitrogen and oxygen atoms in total. The van der Waals surface area contributed by atoms with E-state index in [1.165, 1.54) is 25.7 Å². The second kappa shape index (κ2) is 17.9. The summed E-state index contributed by atoms with van der Waals surface area (Å²) in [5.41, 5.74) is 3.86. The molecule has 0 aliphatic rings. The van der Waals surface area contributed by atoms with Crippen molar-refractivity contribution in [3.63, 3.8) is 0 Å². The van der Waals surface area contributed by atoms with Gasteiger partial charge in [0, 0.05) is 29.4 Å². The number of carboxylic acids is 2. The SMILES string of the molecule is CCCCN(CCCC)CCCOc1ccc(C(=O)c2c(-c3ccccc3)cc3ccc(NS(C)(=O)=O)cn23)cc1.O=C(O)C(=O)O. The van der Waals surface area contributed by atoms with Crippen LogP contribution in [0.4, 0.5) is 5.69 Å². The van der Waals surface area contributed by atoms with Crippen LogP contribution in [0.2, 0.25) is 0 Å². The van der Waals surface area contributed by atoms with Crippen molar-refractivity contribution in [3.8, 4) is 16.9 Å². The Balaban J connectivity index is 0.000000913. The summed E-state index contributed by atoms with van der Waals surface area (Å²) in [5.74, 6) is -3.07. The number of rotatable bonds is 16. The predicted octanol–water partition coefficient (Wildman–Crippen LogP) is 6.04. The number of fused-ring (bicyclic) bond motifs is 1. The predicted molar refractivity (Wildman–Crippen MR) is 183 cm³/mol. The molecular weight excluding hydrogens is 622 g/mol. The number of hydrogen-bond donors (Lipinski definition) is 3. The standard InChI is InChI=1S/C33H41N3O4S.C2H2O4/c1-4-6-20-35(21-7-5-2)22-11-23-40-30-18-14-27(15-19-30)33(37)32-31(26-12-9-8-10-13-26)24-29-17-16-28(25-36(29)32)34-41(3,38)39;3-1(4)2(5)6/h8-10,12-19,24-25,34H,4-7,11,20-23H2,1-3H3;(H,3,4)(H,5,6). The lowest BCUT2D eigenvalue weighted by atomic mass is 10.0. The second-order valence-corrected chi connectivity index (χ2v) is 12.8. The molecular formula is C35H43N3O8S. The summed E-state index contributed by atoms with van der Waals surface area (Å²) < 4.78 is 34.0. The summed E-state index contributed by atoms with van der Waals surface area (Å²) in [6.07, 6.45) is 8.56. The second-order valence-electron chi connectivity index (χ2n) is 11.1. The number of carbonyl (C=O) groups is 3. The minimum Gasteiger partial charge on any atom is -0.494 e. The van der Waals surface area contributed by atoms with E-state index in [0.29, 0.717) is 23.6 Å². The van der Waals surface area contributed by atoms with E-state index in [4.69, 9.17) is 24.5 Å². The van der Waals surface area contributed by atoms with E-state index in [0.717, 1.165) is 54.7 Å². The number of ketones is 1. The van der Waals surface area contributed by atoms with Crippen LogP contribution in [0.3, 0.4) is 0 Å². The van der Waals surface area contributed by atoms with E-state index in [1.807, 2.05) is 48.5 Å². The summed E-state index contributed by atoms with van der Waals surface area (Å²) >= 11 is 0. The van der Waals surface area contributed by atoms with Gasteiger partial charge >= 0.3 is 11.9 Å². The lowest BCUT2D eigenvalue weighted by molar-refractivity contribution is -0.159. The maximum Gasteiger partial charge on any atom is 0.414 e. The molecule has 3 N–H and O–H groups in total. The first-order valence-electron chi connectivity index (χ1n) is 15.6. The quantitative estimate of drug-likeness (QED) is 0.0739. The monoisotopic (exact) mass is 665 g/mol. The molecule has 0 bridgehead atoms. The Morgan fingerprint density at radius 2 is 1.43 bits per heavy atom. The van der Waals surface area contributed by atoms with E-state index in [2.05, 4.69) is 23.5 Å². The van der Waals surface area contributed by atoms with Crippen LogP contribution in [-0.2, 0) is 19.6 Å². The van der Waals surface area contributed by atoms with Crippen molar-refractivity contribution in [1.29, 1.82) is 0 Å². The summed E-state index contributed by atoms with van der Waals surface area (Å²) in [6.45, 7) is 8.38. The molecule has 0 unspecified atom stereocenters. The van der Waals surface area contributed by atoms with E-state index in [9.17, 15) is 13.2 Å². The molecule has 2 aromatic carbocycles. The van der Waals surface area contributed by atoms with E-state index >= 15 is 0 Å². The maximum atomic E-state index is 13.9. The number of anilines is 1. The molecule has 4 aromatic rings. The van der Waals surface area contributed by atoms with Crippen LogP contribution in [0.25, 0.3) is 16.6 Å². The molecule has 47 heavy (non-hydrogen) atoms. The highest BCUT2D eigenvalue weighted by molar-refractivity contribution is 7.92. The first kappa shape index (κ1) is 36.8. The number of hydrogen-bond acceptors (Lipinski definition) is 7. The van der Waals surface area contributed by atoms with Crippen LogP contribution in [0, 0.1) is 0 Å². The van der Waals surface area contributed by atoms with Crippen molar-refractivity contribution in [2.75, 3.05) is 37.2 Å². The fraction of sp³-hybridized carbons (Fsp3) is 0.343. The topological polar surface area (TPSA) is 155 Å². The minimum absolute atomic E-state index is 0.158. The Morgan fingerprint density at radius 1 is 0.830 bits per heavy atom. The van der Waals surface area contributed by atoms with Gasteiger partial charge in [0.25, 0.3) is 0 Å². The number of aromatic nitrogens is 1. The Hall–Kier alpha value is -4.68. The van der Waals surface area contributed by atoms with Crippen LogP contribution in [0.15, 0.2) is 79.0 Å². The van der Waals surface area contributed by atoms with Gasteiger partial charge in [-0.2, -0.15) is 0 Å². The zero-order valence-electron chi connectivity index (χ0n) is 27.0. The molecule has 0 atom stereocenters. The van der Waals surface area contributed by atoms with E-state index in [1.54, 1.807) is 34.9 Å². The minimum atomic E-state index is -3.47. The normalized spacial score (nSPS) is 11.1. The number of nitrogens with zero attached hydrogens (tertiary/aromatic N) is 2. The molecule has 4 rings (SSSR count). The highest BCUT2D eigenvalue weighted by Gasteiger charge is 2.21. The zero-order chi connectivity index (χ0) is 34.4. The molecule has 12 heteroatoms. The van der Waals surface area contributed by atoms with Gasteiger partial charge in [0.1, 0.15) is 11.4 Å². The van der Waals surface area contributed by atoms with Crippen molar-refractivity contribution in [2.24, 2.45) is 0 Å². The Kier molecular flexibility index (Phi) is 14.0. The van der Waals surface area contributed by atoms with Crippen LogP contribution < -0.4 is 9.46 Å². The van der Waals surface area contributed by atoms with E-state index < -0.39 is 22.0 Å². The van der Waals surface area contributed by atoms with Crippen LogP contribution in [0.5, 0.6) is 5.75 Å². The number of carboxylic acid groups (broad SMARTS) is 2. The molecule has 0 saturated carbocycles. The van der Waals surface area contributed by atoms with Gasteiger partial charge in [-0.1, -0.05) is 57.0 Å². The van der Waals surface area contributed by atoms with Crippen LogP contribution in [-0.4, -0.2) is 78.2 Å². The van der Waals surface area contributed by atoms with Crippen molar-refractivity contribution in [3.05, 3.63) is 90.3 Å². The molecule has 0 spiro atoms. The van der Waals surface area contributed by atoms with Crippen molar-refractivity contribution >= 4 is 38.9 Å². The molecule has 0 amide bonds. The highest BCUT2D eigenvalue weighted by atomic mass is 32.2. The van der Waals surface area contributed by atoms with Gasteiger partial charge in [0.05, 0.1) is 18.6 Å². The largest absolute Gasteiger partial charge is 0.494 e. The summed E-state index contributed by atoms with van der Waals surface area (Å²) in [4.78, 5) is 34.7. The number of nitrogens with one attached hydrogen (secondary N) is 1. The number of ether oxygens (including phenoxy) is 1. The third-order valence-corrected chi connectivity index (χ3v) is 7.82. The molecule has 2 aromatic heterocycles. The first-order valence-corrected chi connectivity index (χ1v) is 17.5. The zero-order valence-corrected chi connectivity index (χ0v) is 27.8. The van der Waals surface area contributed by atoms with Gasteiger partial charge in [-0.15, -0.1) is 0 Å². The smallest absolute Gasteiger partial charge is 0.414 e. The van der Waals surface area contributed by atoms with Crippen molar-refractivity contribution in [1.82, 2.24) is 9.30 Å². The number of aliphatic carboxylic acids is 2. The molecule has 2 heterocycles. The van der Waals surface area contributed by atoms with Gasteiger partial charge < -0.3 is 24.3 Å². The average molecular weight is 666 g/mol. The van der Waals surface area contributed by atoms with Crippen LogP contribution >= 0.6 is 0 Å². The first-order chi connectivity index (χ1) is 22.4. The van der Waals surface area contributed by atoms with Crippen molar-refractivity contribution < 1.29 is 37.8 Å². The van der Waals surface area contributed by atoms with Gasteiger partial charge in [-0.25, -0.2) is 18.0 Å². The third-order valence-electron chi connectivity index (χ3n) is 7.21. The summed E-state index contributed by atoms with van der Waals surface area (Å²) in [5, 5.41) is 14.8. The van der Waals surface area contributed by atoms with Gasteiger partial charge in [-0.05, 0) is 80.4 Å². The average Bonchev–Trinajstić information content (AvgIpc) is 3.42. The third kappa shape index (κ3) is 11.6. The molecule has 252 valence electrons. The number of carbonyl (C=O) groups excluding carboxylic acids is 1. The van der Waals surface area contributed by atoms with Gasteiger partial charge in [-0.3, -0.25) is 9.52 Å². The van der Waals surface area contributed by atoms with Gasteiger partial charge in [0.15, 0.2) is 0 Å². The summed E-state index contributed by atoms with van der Waals surface area (Å²) in [6, 6.07) is 22.4. The molecule has 0 aliphatic carbocycles. The fourth-order valence-electron chi connectivity index (χ4n) is 4.93. The molecule has 0 saturated heterocycles. The van der Waals surface area contributed by atoms with Gasteiger partial charge in [0.2, 0.25) is 15.8 Å². The Morgan fingerprint density at radius 3 is 1.98 bits per heavy atom. The summed E-state index contributed by atoms with van der Waals surface area (Å²) in [7, 11) is -3.47. The molecule has 0 radical (unpaired) electrons. The lowest BCUT2D eigenvalue weighted by Crippen LogP contribution is -2.28. The number of benzene rings is 2. The highest BCUT2D eigenvalue weighted by Crippen LogP contribution is 2.31. The Labute approximate surface area is 275 Å². The van der Waals surface area contributed by atoms with Crippen LogP contribution in [0.1, 0.15) is 62.0 Å². The lowest BCUT2D eigenvalue weighted by Gasteiger charge is -2.21. The van der Waals surface area contributed by atoms with Crippen molar-refractivity contribution in [2.45, 2.75) is 46.0 Å². The fourth-order valence-corrected chi connectivity index (χ4v) is 5.48. The number of unbranched alkanes of at least 4 members (excludes halogenated alkanes) is 2. The Bertz CT molecular complexity index is 1720. The number of sulfonamides is 1. The molecule has 0 aliphatic heterocycles. The van der Waals surface area contributed by atoms with E-state index in [-0.39, 0.29) is 5.78 Å².